The van der Waals surface area contributed by atoms with Crippen LogP contribution in [-0.2, 0) is 14.8 Å². The van der Waals surface area contributed by atoms with Gasteiger partial charge in [-0.3, -0.25) is 0 Å². The summed E-state index contributed by atoms with van der Waals surface area (Å²) in [7, 11) is -0.0501. The maximum absolute atomic E-state index is 7.11. The van der Waals surface area contributed by atoms with Crippen LogP contribution in [0, 0.1) is 5.92 Å². The largest absolute Gasteiger partial charge is 0.407 e. The van der Waals surface area contributed by atoms with E-state index in [-0.39, 0.29) is 16.7 Å². The summed E-state index contributed by atoms with van der Waals surface area (Å²) in [5, 5.41) is 0.207. The first-order chi connectivity index (χ1) is 11.1. The lowest BCUT2D eigenvalue weighted by molar-refractivity contribution is -0.0524. The molecule has 1 saturated carbocycles. The third-order valence-corrected chi connectivity index (χ3v) is 11.1. The predicted octanol–water partition coefficient (Wildman–Crippen LogP) is 5.96. The Hall–Kier alpha value is -0.903. The lowest BCUT2D eigenvalue weighted by atomic mass is 9.63. The topological polar surface area (TPSA) is 18.5 Å². The molecule has 0 saturated heterocycles. The van der Waals surface area contributed by atoms with Gasteiger partial charge in [0.1, 0.15) is 0 Å². The summed E-state index contributed by atoms with van der Waals surface area (Å²) in [5.74, 6) is 0.364. The second-order valence-electron chi connectivity index (χ2n) is 9.07. The van der Waals surface area contributed by atoms with Gasteiger partial charge >= 0.3 is 0 Å². The van der Waals surface area contributed by atoms with Crippen molar-refractivity contribution < 1.29 is 9.16 Å². The molecule has 2 aliphatic carbocycles. The Kier molecular flexibility index (Phi) is 4.34. The van der Waals surface area contributed by atoms with E-state index < -0.39 is 8.32 Å². The zero-order valence-electron chi connectivity index (χ0n) is 16.1. The molecule has 3 rings (SSSR count). The van der Waals surface area contributed by atoms with Crippen LogP contribution in [0.4, 0.5) is 0 Å². The molecular weight excluding hydrogens is 312 g/mol. The van der Waals surface area contributed by atoms with Gasteiger partial charge in [0.2, 0.25) is 0 Å². The Balaban J connectivity index is 2.11. The van der Waals surface area contributed by atoms with Crippen LogP contribution in [0.2, 0.25) is 18.1 Å². The number of benzene rings is 1. The van der Waals surface area contributed by atoms with E-state index in [1.54, 1.807) is 0 Å². The molecule has 2 nitrogen and oxygen atoms in total. The molecule has 24 heavy (non-hydrogen) atoms. The summed E-state index contributed by atoms with van der Waals surface area (Å²) < 4.78 is 13.0. The Morgan fingerprint density at radius 2 is 1.88 bits per heavy atom. The van der Waals surface area contributed by atoms with Crippen LogP contribution >= 0.6 is 0 Å². The van der Waals surface area contributed by atoms with Crippen LogP contribution in [0.25, 0.3) is 0 Å². The highest BCUT2D eigenvalue weighted by Crippen LogP contribution is 2.57. The van der Waals surface area contributed by atoms with Gasteiger partial charge in [0.15, 0.2) is 8.32 Å². The molecule has 0 N–H and O–H groups in total. The number of methoxy groups -OCH3 is 1. The Bertz CT molecular complexity index is 643. The van der Waals surface area contributed by atoms with Gasteiger partial charge in [-0.25, -0.2) is 0 Å². The minimum Gasteiger partial charge on any atom is -0.407 e. The molecule has 0 amide bonds. The van der Waals surface area contributed by atoms with Gasteiger partial charge in [-0.1, -0.05) is 57.2 Å². The average Bonchev–Trinajstić information content (AvgIpc) is 2.50. The molecule has 0 heterocycles. The standard InChI is InChI=1S/C21H32O2Si/c1-15-12-13-21(23-24(6,7)20(2,3)4)14-17(15)19(22-5)16-10-8-9-11-18(16)21/h8-11,17,19H,1,12-14H2,2-7H3/t17-,19-,21+/m1/s1. The highest BCUT2D eigenvalue weighted by molar-refractivity contribution is 6.74. The van der Waals surface area contributed by atoms with Crippen molar-refractivity contribution in [2.24, 2.45) is 5.92 Å². The van der Waals surface area contributed by atoms with E-state index in [0.29, 0.717) is 5.92 Å². The minimum atomic E-state index is -1.87. The van der Waals surface area contributed by atoms with E-state index in [1.807, 2.05) is 7.11 Å². The lowest BCUT2D eigenvalue weighted by Gasteiger charge is -2.54. The summed E-state index contributed by atoms with van der Waals surface area (Å²) in [5.41, 5.74) is 3.81. The fraction of sp³-hybridized carbons (Fsp3) is 0.619. The van der Waals surface area contributed by atoms with Gasteiger partial charge in [-0.05, 0) is 48.5 Å². The van der Waals surface area contributed by atoms with Crippen molar-refractivity contribution in [3.63, 3.8) is 0 Å². The van der Waals surface area contributed by atoms with Crippen molar-refractivity contribution in [3.8, 4) is 0 Å². The highest BCUT2D eigenvalue weighted by atomic mass is 28.4. The van der Waals surface area contributed by atoms with Crippen LogP contribution in [0.1, 0.15) is 57.3 Å². The molecule has 3 atom stereocenters. The number of hydrogen-bond donors (Lipinski definition) is 0. The fourth-order valence-electron chi connectivity index (χ4n) is 4.17. The Morgan fingerprint density at radius 1 is 1.21 bits per heavy atom. The second-order valence-corrected chi connectivity index (χ2v) is 13.8. The quantitative estimate of drug-likeness (QED) is 0.497. The van der Waals surface area contributed by atoms with E-state index in [4.69, 9.17) is 9.16 Å². The number of hydrogen-bond acceptors (Lipinski definition) is 2. The molecule has 0 spiro atoms. The first-order valence-electron chi connectivity index (χ1n) is 9.11. The maximum atomic E-state index is 7.11. The van der Waals surface area contributed by atoms with E-state index in [1.165, 1.54) is 16.7 Å². The molecule has 0 aliphatic heterocycles. The van der Waals surface area contributed by atoms with Crippen molar-refractivity contribution in [2.45, 2.75) is 69.9 Å². The average molecular weight is 345 g/mol. The van der Waals surface area contributed by atoms with Crippen LogP contribution < -0.4 is 0 Å². The van der Waals surface area contributed by atoms with E-state index >= 15 is 0 Å². The second kappa shape index (κ2) is 5.82. The van der Waals surface area contributed by atoms with Crippen molar-refractivity contribution in [1.29, 1.82) is 0 Å². The Labute approximate surface area is 148 Å². The molecule has 1 aromatic carbocycles. The third kappa shape index (κ3) is 2.71. The molecule has 0 radical (unpaired) electrons. The minimum absolute atomic E-state index is 0.116. The van der Waals surface area contributed by atoms with Gasteiger partial charge in [0, 0.05) is 13.0 Å². The number of rotatable bonds is 3. The zero-order valence-corrected chi connectivity index (χ0v) is 17.1. The summed E-state index contributed by atoms with van der Waals surface area (Å²) in [6.45, 7) is 16.1. The molecule has 1 fully saturated rings. The molecular formula is C21H32O2Si. The summed E-state index contributed by atoms with van der Waals surface area (Å²) in [4.78, 5) is 0. The van der Waals surface area contributed by atoms with Crippen molar-refractivity contribution in [3.05, 3.63) is 47.5 Å². The normalized spacial score (nSPS) is 30.2. The lowest BCUT2D eigenvalue weighted by Crippen LogP contribution is -2.52. The molecule has 0 unspecified atom stereocenters. The van der Waals surface area contributed by atoms with Gasteiger partial charge in [0.25, 0.3) is 0 Å². The van der Waals surface area contributed by atoms with Crippen molar-refractivity contribution in [1.82, 2.24) is 0 Å². The van der Waals surface area contributed by atoms with E-state index in [9.17, 15) is 0 Å². The monoisotopic (exact) mass is 344 g/mol. The molecule has 1 aromatic rings. The maximum Gasteiger partial charge on any atom is 0.193 e. The summed E-state index contributed by atoms with van der Waals surface area (Å²) in [6.07, 6.45) is 3.20. The van der Waals surface area contributed by atoms with Crippen molar-refractivity contribution >= 4 is 8.32 Å². The van der Waals surface area contributed by atoms with Crippen molar-refractivity contribution in [2.75, 3.05) is 7.11 Å². The smallest absolute Gasteiger partial charge is 0.193 e. The molecule has 0 aromatic heterocycles. The van der Waals surface area contributed by atoms with Crippen LogP contribution in [0.15, 0.2) is 36.4 Å². The number of ether oxygens (including phenoxy) is 1. The first-order valence-corrected chi connectivity index (χ1v) is 12.0. The van der Waals surface area contributed by atoms with E-state index in [0.717, 1.165) is 19.3 Å². The number of fused-ring (bicyclic) bond motifs is 4. The Morgan fingerprint density at radius 3 is 2.50 bits per heavy atom. The summed E-state index contributed by atoms with van der Waals surface area (Å²) >= 11 is 0. The van der Waals surface area contributed by atoms with Gasteiger partial charge in [0.05, 0.1) is 11.7 Å². The van der Waals surface area contributed by atoms with E-state index in [2.05, 4.69) is 64.7 Å². The van der Waals surface area contributed by atoms with Crippen LogP contribution in [0.3, 0.4) is 0 Å². The summed E-state index contributed by atoms with van der Waals surface area (Å²) in [6, 6.07) is 8.75. The molecule has 3 heteroatoms. The van der Waals surface area contributed by atoms with Gasteiger partial charge < -0.3 is 9.16 Å². The zero-order chi connectivity index (χ0) is 17.8. The third-order valence-electron chi connectivity index (χ3n) is 6.56. The molecule has 2 bridgehead atoms. The highest BCUT2D eigenvalue weighted by Gasteiger charge is 2.53. The van der Waals surface area contributed by atoms with Crippen LogP contribution in [-0.4, -0.2) is 15.4 Å². The predicted molar refractivity (Wildman–Crippen MR) is 103 cm³/mol. The van der Waals surface area contributed by atoms with Gasteiger partial charge in [-0.2, -0.15) is 0 Å². The first kappa shape index (κ1) is 17.9. The van der Waals surface area contributed by atoms with Crippen LogP contribution in [0.5, 0.6) is 0 Å². The molecule has 132 valence electrons. The fourth-order valence-corrected chi connectivity index (χ4v) is 5.75. The molecule has 2 aliphatic rings. The SMILES string of the molecule is C=C1CC[C@]2(O[Si](C)(C)C(C)(C)C)C[C@H]1[C@H](OC)c1ccccc12. The van der Waals surface area contributed by atoms with Gasteiger partial charge in [-0.15, -0.1) is 0 Å².